The van der Waals surface area contributed by atoms with Crippen LogP contribution >= 0.6 is 11.3 Å². The van der Waals surface area contributed by atoms with E-state index >= 15 is 0 Å². The van der Waals surface area contributed by atoms with Gasteiger partial charge in [0.15, 0.2) is 11.5 Å². The fourth-order valence-corrected chi connectivity index (χ4v) is 3.04. The molecule has 0 radical (unpaired) electrons. The minimum absolute atomic E-state index is 0.282. The van der Waals surface area contributed by atoms with Crippen molar-refractivity contribution in [1.29, 1.82) is 0 Å². The molecule has 0 aliphatic rings. The number of fused-ring (bicyclic) bond motifs is 1. The predicted molar refractivity (Wildman–Crippen MR) is 81.8 cm³/mol. The Morgan fingerprint density at radius 2 is 2.20 bits per heavy atom. The van der Waals surface area contributed by atoms with E-state index in [1.165, 1.54) is 0 Å². The van der Waals surface area contributed by atoms with Crippen molar-refractivity contribution < 1.29 is 0 Å². The molecule has 0 aliphatic carbocycles. The molecule has 0 spiro atoms. The molecule has 104 valence electrons. The van der Waals surface area contributed by atoms with Crippen LogP contribution in [0.15, 0.2) is 23.7 Å². The van der Waals surface area contributed by atoms with Gasteiger partial charge in [-0.25, -0.2) is 15.0 Å². The van der Waals surface area contributed by atoms with E-state index in [9.17, 15) is 0 Å². The Labute approximate surface area is 121 Å². The zero-order valence-electron chi connectivity index (χ0n) is 11.6. The van der Waals surface area contributed by atoms with E-state index in [0.717, 1.165) is 34.1 Å². The summed E-state index contributed by atoms with van der Waals surface area (Å²) < 4.78 is 2.14. The molecule has 0 fully saturated rings. The van der Waals surface area contributed by atoms with Crippen molar-refractivity contribution in [1.82, 2.24) is 19.5 Å². The average Bonchev–Trinajstić information content (AvgIpc) is 3.02. The molecule has 20 heavy (non-hydrogen) atoms. The molecule has 3 aromatic heterocycles. The molecular weight excluding hydrogens is 270 g/mol. The molecule has 0 saturated heterocycles. The smallest absolute Gasteiger partial charge is 0.162 e. The standard InChI is InChI=1S/C14H17N5S/c1-9(2)19-13-10(4-3-7-16-13)18-14(19)11-8-20-12(17-11)5-6-15/h3-4,7-9H,5-6,15H2,1-2H3. The van der Waals surface area contributed by atoms with E-state index in [1.54, 1.807) is 17.5 Å². The number of thiazole rings is 1. The molecule has 0 saturated carbocycles. The maximum absolute atomic E-state index is 5.58. The SMILES string of the molecule is CC(C)n1c(-c2csc(CCN)n2)nc2cccnc21. The lowest BCUT2D eigenvalue weighted by Crippen LogP contribution is -2.05. The minimum Gasteiger partial charge on any atom is -0.330 e. The zero-order valence-corrected chi connectivity index (χ0v) is 12.4. The summed E-state index contributed by atoms with van der Waals surface area (Å²) in [4.78, 5) is 13.8. The van der Waals surface area contributed by atoms with Crippen LogP contribution in [0.2, 0.25) is 0 Å². The molecule has 0 amide bonds. The maximum atomic E-state index is 5.58. The third kappa shape index (κ3) is 2.21. The van der Waals surface area contributed by atoms with Gasteiger partial charge in [-0.15, -0.1) is 11.3 Å². The van der Waals surface area contributed by atoms with Crippen molar-refractivity contribution in [3.8, 4) is 11.5 Å². The molecule has 0 aliphatic heterocycles. The van der Waals surface area contributed by atoms with Crippen molar-refractivity contribution >= 4 is 22.5 Å². The second-order valence-corrected chi connectivity index (χ2v) is 5.85. The summed E-state index contributed by atoms with van der Waals surface area (Å²) in [5.41, 5.74) is 8.31. The summed E-state index contributed by atoms with van der Waals surface area (Å²) in [6.45, 7) is 4.88. The Balaban J connectivity index is 2.16. The van der Waals surface area contributed by atoms with Crippen LogP contribution in [0.4, 0.5) is 0 Å². The monoisotopic (exact) mass is 287 g/mol. The molecule has 0 atom stereocenters. The fraction of sp³-hybridized carbons (Fsp3) is 0.357. The van der Waals surface area contributed by atoms with Gasteiger partial charge in [-0.3, -0.25) is 0 Å². The lowest BCUT2D eigenvalue weighted by Gasteiger charge is -2.10. The Kier molecular flexibility index (Phi) is 3.50. The van der Waals surface area contributed by atoms with Crippen LogP contribution in [-0.2, 0) is 6.42 Å². The molecule has 0 aromatic carbocycles. The largest absolute Gasteiger partial charge is 0.330 e. The lowest BCUT2D eigenvalue weighted by atomic mass is 10.3. The first-order valence-electron chi connectivity index (χ1n) is 6.68. The Morgan fingerprint density at radius 1 is 1.35 bits per heavy atom. The molecule has 0 unspecified atom stereocenters. The number of imidazole rings is 1. The van der Waals surface area contributed by atoms with Gasteiger partial charge in [0.2, 0.25) is 0 Å². The normalized spacial score (nSPS) is 11.6. The summed E-state index contributed by atoms with van der Waals surface area (Å²) in [7, 11) is 0. The molecule has 2 N–H and O–H groups in total. The molecule has 6 heteroatoms. The molecule has 3 aromatic rings. The van der Waals surface area contributed by atoms with Crippen molar-refractivity contribution in [2.24, 2.45) is 5.73 Å². The first-order chi connectivity index (χ1) is 9.70. The Hall–Kier alpha value is -1.79. The van der Waals surface area contributed by atoms with Crippen molar-refractivity contribution in [2.75, 3.05) is 6.54 Å². The minimum atomic E-state index is 0.282. The molecule has 3 rings (SSSR count). The number of hydrogen-bond donors (Lipinski definition) is 1. The van der Waals surface area contributed by atoms with Crippen molar-refractivity contribution in [3.05, 3.63) is 28.7 Å². The maximum Gasteiger partial charge on any atom is 0.162 e. The number of nitrogens with zero attached hydrogens (tertiary/aromatic N) is 4. The summed E-state index contributed by atoms with van der Waals surface area (Å²) in [5.74, 6) is 0.883. The second kappa shape index (κ2) is 5.30. The van der Waals surface area contributed by atoms with Gasteiger partial charge in [0.25, 0.3) is 0 Å². The summed E-state index contributed by atoms with van der Waals surface area (Å²) in [6, 6.07) is 4.17. The second-order valence-electron chi connectivity index (χ2n) is 4.91. The van der Waals surface area contributed by atoms with Gasteiger partial charge in [0.1, 0.15) is 11.2 Å². The molecule has 5 nitrogen and oxygen atoms in total. The van der Waals surface area contributed by atoms with Crippen LogP contribution in [0.25, 0.3) is 22.7 Å². The van der Waals surface area contributed by atoms with Gasteiger partial charge in [-0.2, -0.15) is 0 Å². The number of rotatable bonds is 4. The zero-order chi connectivity index (χ0) is 14.1. The lowest BCUT2D eigenvalue weighted by molar-refractivity contribution is 0.618. The average molecular weight is 287 g/mol. The van der Waals surface area contributed by atoms with E-state index in [1.807, 2.05) is 17.5 Å². The van der Waals surface area contributed by atoms with Gasteiger partial charge in [-0.1, -0.05) is 0 Å². The highest BCUT2D eigenvalue weighted by atomic mass is 32.1. The third-order valence-electron chi connectivity index (χ3n) is 3.10. The van der Waals surface area contributed by atoms with Crippen LogP contribution in [0.3, 0.4) is 0 Å². The van der Waals surface area contributed by atoms with E-state index in [2.05, 4.69) is 28.4 Å². The van der Waals surface area contributed by atoms with Gasteiger partial charge in [0.05, 0.1) is 5.01 Å². The van der Waals surface area contributed by atoms with E-state index in [0.29, 0.717) is 6.54 Å². The third-order valence-corrected chi connectivity index (χ3v) is 4.01. The van der Waals surface area contributed by atoms with E-state index in [4.69, 9.17) is 10.7 Å². The number of aromatic nitrogens is 4. The first-order valence-corrected chi connectivity index (χ1v) is 7.56. The number of hydrogen-bond acceptors (Lipinski definition) is 5. The Bertz CT molecular complexity index is 728. The highest BCUT2D eigenvalue weighted by Crippen LogP contribution is 2.28. The highest BCUT2D eigenvalue weighted by Gasteiger charge is 2.17. The summed E-state index contributed by atoms with van der Waals surface area (Å²) in [6.07, 6.45) is 2.61. The fourth-order valence-electron chi connectivity index (χ4n) is 2.25. The molecule has 0 bridgehead atoms. The van der Waals surface area contributed by atoms with Crippen LogP contribution in [0.5, 0.6) is 0 Å². The summed E-state index contributed by atoms with van der Waals surface area (Å²) >= 11 is 1.63. The van der Waals surface area contributed by atoms with Crippen LogP contribution in [-0.4, -0.2) is 26.1 Å². The van der Waals surface area contributed by atoms with Crippen molar-refractivity contribution in [3.63, 3.8) is 0 Å². The highest BCUT2D eigenvalue weighted by molar-refractivity contribution is 7.09. The van der Waals surface area contributed by atoms with Crippen LogP contribution in [0, 0.1) is 0 Å². The molecule has 3 heterocycles. The van der Waals surface area contributed by atoms with Gasteiger partial charge in [0, 0.05) is 24.0 Å². The van der Waals surface area contributed by atoms with E-state index < -0.39 is 0 Å². The predicted octanol–water partition coefficient (Wildman–Crippen LogP) is 2.64. The number of nitrogens with two attached hydrogens (primary N) is 1. The topological polar surface area (TPSA) is 69.6 Å². The summed E-state index contributed by atoms with van der Waals surface area (Å²) in [5, 5.41) is 3.10. The van der Waals surface area contributed by atoms with Gasteiger partial charge >= 0.3 is 0 Å². The quantitative estimate of drug-likeness (QED) is 0.801. The first kappa shape index (κ1) is 13.2. The molecular formula is C14H17N5S. The van der Waals surface area contributed by atoms with Crippen molar-refractivity contribution in [2.45, 2.75) is 26.3 Å². The number of pyridine rings is 1. The van der Waals surface area contributed by atoms with Gasteiger partial charge in [-0.05, 0) is 32.5 Å². The Morgan fingerprint density at radius 3 is 2.95 bits per heavy atom. The van der Waals surface area contributed by atoms with Crippen LogP contribution in [0.1, 0.15) is 24.9 Å². The van der Waals surface area contributed by atoms with Crippen LogP contribution < -0.4 is 5.73 Å². The van der Waals surface area contributed by atoms with Gasteiger partial charge < -0.3 is 10.3 Å². The van der Waals surface area contributed by atoms with E-state index in [-0.39, 0.29) is 6.04 Å².